The van der Waals surface area contributed by atoms with Gasteiger partial charge < -0.3 is 16.1 Å². The molecule has 0 spiro atoms. The Morgan fingerprint density at radius 3 is 2.73 bits per heavy atom. The van der Waals surface area contributed by atoms with Gasteiger partial charge in [-0.05, 0) is 43.0 Å². The number of anilines is 2. The van der Waals surface area contributed by atoms with Crippen molar-refractivity contribution in [3.8, 4) is 12.1 Å². The number of nitrogens with zero attached hydrogens (tertiary/aromatic N) is 4. The van der Waals surface area contributed by atoms with Crippen molar-refractivity contribution in [1.29, 1.82) is 10.5 Å². The molecule has 2 aromatic heterocycles. The van der Waals surface area contributed by atoms with Gasteiger partial charge in [0.2, 0.25) is 0 Å². The lowest BCUT2D eigenvalue weighted by molar-refractivity contribution is 0.260. The number of hydrogen-bond acceptors (Lipinski definition) is 9. The number of halogens is 1. The molecule has 0 bridgehead atoms. The lowest BCUT2D eigenvalue weighted by atomic mass is 10.0. The Bertz CT molecular complexity index is 1720. The molecule has 6 rings (SSSR count). The Morgan fingerprint density at radius 2 is 2.02 bits per heavy atom. The van der Waals surface area contributed by atoms with Gasteiger partial charge in [0.15, 0.2) is 0 Å². The molecular formula is C30H27ClN8S. The third-order valence-corrected chi connectivity index (χ3v) is 8.25. The standard InChI is InChI=1S/C30H27ClN8S/c1-2-25(19-6-4-3-5-7-19)36-28-20(14-33)15-34-29-23(28)11-21(12-24(29)31)35-30(27-10-18(13-32)17-40-27)26-16-39(38-37-26)22-8-9-22/h3-7,10-12,15-17,22,25,30,35,37-38H,2,8-9H2,1H3,(H,34,36)/t25-,30-/m1/s1/i30D. The summed E-state index contributed by atoms with van der Waals surface area (Å²) >= 11 is 8.12. The van der Waals surface area contributed by atoms with Gasteiger partial charge in [0.1, 0.15) is 18.2 Å². The Balaban J connectivity index is 1.44. The quantitative estimate of drug-likeness (QED) is 0.176. The third kappa shape index (κ3) is 5.15. The van der Waals surface area contributed by atoms with Gasteiger partial charge in [-0.15, -0.1) is 16.9 Å². The summed E-state index contributed by atoms with van der Waals surface area (Å²) in [5, 5.41) is 31.2. The molecule has 4 aromatic rings. The molecule has 40 heavy (non-hydrogen) atoms. The van der Waals surface area contributed by atoms with Gasteiger partial charge in [0, 0.05) is 39.8 Å². The van der Waals surface area contributed by atoms with Gasteiger partial charge in [-0.2, -0.15) is 10.5 Å². The van der Waals surface area contributed by atoms with Crippen molar-refractivity contribution in [3.63, 3.8) is 0 Å². The van der Waals surface area contributed by atoms with Crippen LogP contribution in [0.1, 0.15) is 61.2 Å². The first-order valence-electron chi connectivity index (χ1n) is 13.6. The van der Waals surface area contributed by atoms with E-state index in [1.165, 1.54) is 17.5 Å². The molecule has 0 saturated heterocycles. The van der Waals surface area contributed by atoms with E-state index in [0.717, 1.165) is 24.8 Å². The third-order valence-electron chi connectivity index (χ3n) is 7.02. The highest BCUT2D eigenvalue weighted by Gasteiger charge is 2.32. The number of rotatable bonds is 9. The van der Waals surface area contributed by atoms with Crippen molar-refractivity contribution >= 4 is 45.2 Å². The predicted octanol–water partition coefficient (Wildman–Crippen LogP) is 6.74. The molecule has 8 nitrogen and oxygen atoms in total. The summed E-state index contributed by atoms with van der Waals surface area (Å²) < 4.78 is 9.67. The maximum atomic E-state index is 9.99. The number of aromatic nitrogens is 1. The van der Waals surface area contributed by atoms with E-state index in [-0.39, 0.29) is 6.04 Å². The van der Waals surface area contributed by atoms with Gasteiger partial charge in [0.25, 0.3) is 0 Å². The Kier molecular flexibility index (Phi) is 6.85. The molecule has 1 aliphatic heterocycles. The van der Waals surface area contributed by atoms with Crippen LogP contribution in [0.15, 0.2) is 72.0 Å². The van der Waals surface area contributed by atoms with E-state index >= 15 is 0 Å². The van der Waals surface area contributed by atoms with Crippen LogP contribution in [0.4, 0.5) is 11.4 Å². The van der Waals surface area contributed by atoms with E-state index in [9.17, 15) is 11.9 Å². The highest BCUT2D eigenvalue weighted by atomic mass is 35.5. The van der Waals surface area contributed by atoms with E-state index in [1.807, 2.05) is 35.5 Å². The van der Waals surface area contributed by atoms with Crippen molar-refractivity contribution in [2.24, 2.45) is 0 Å². The Morgan fingerprint density at radius 1 is 1.20 bits per heavy atom. The molecule has 10 heteroatoms. The van der Waals surface area contributed by atoms with E-state index in [4.69, 9.17) is 11.6 Å². The molecule has 2 aromatic carbocycles. The fraction of sp³-hybridized carbons (Fsp3) is 0.233. The zero-order chi connectivity index (χ0) is 28.6. The lowest BCUT2D eigenvalue weighted by Gasteiger charge is -2.23. The summed E-state index contributed by atoms with van der Waals surface area (Å²) in [6.07, 6.45) is 6.40. The monoisotopic (exact) mass is 567 g/mol. The molecule has 3 heterocycles. The van der Waals surface area contributed by atoms with Gasteiger partial charge in [0.05, 0.1) is 40.5 Å². The van der Waals surface area contributed by atoms with Crippen LogP contribution in [0.3, 0.4) is 0 Å². The van der Waals surface area contributed by atoms with Crippen molar-refractivity contribution in [2.75, 3.05) is 10.6 Å². The normalized spacial score (nSPS) is 17.1. The van der Waals surface area contributed by atoms with Gasteiger partial charge in [-0.25, -0.2) is 0 Å². The van der Waals surface area contributed by atoms with Crippen molar-refractivity contribution in [1.82, 2.24) is 21.0 Å². The molecule has 1 fully saturated rings. The first-order chi connectivity index (χ1) is 19.9. The van der Waals surface area contributed by atoms with Crippen LogP contribution in [0.25, 0.3) is 10.9 Å². The average Bonchev–Trinajstić information content (AvgIpc) is 3.50. The van der Waals surface area contributed by atoms with Crippen LogP contribution in [0.2, 0.25) is 5.02 Å². The van der Waals surface area contributed by atoms with Crippen LogP contribution in [-0.4, -0.2) is 16.0 Å². The molecule has 0 amide bonds. The maximum Gasteiger partial charge on any atom is 0.104 e. The Labute approximate surface area is 243 Å². The molecule has 1 aliphatic carbocycles. The van der Waals surface area contributed by atoms with E-state index < -0.39 is 6.02 Å². The molecule has 2 aliphatic rings. The first-order valence-corrected chi connectivity index (χ1v) is 14.3. The number of benzene rings is 2. The number of fused-ring (bicyclic) bond motifs is 1. The highest BCUT2D eigenvalue weighted by molar-refractivity contribution is 7.10. The molecule has 1 saturated carbocycles. The SMILES string of the molecule is [2H][C@@](Nc1cc(Cl)c2ncc(C#N)c(N[C@H](CC)c3ccccc3)c2c1)(C1=CN(C2CC2)NN1)c1cc(C#N)cs1. The number of pyridine rings is 1. The average molecular weight is 568 g/mol. The van der Waals surface area contributed by atoms with Gasteiger partial charge in [-0.1, -0.05) is 48.9 Å². The van der Waals surface area contributed by atoms with Crippen LogP contribution < -0.4 is 21.6 Å². The number of hydrazine groups is 2. The number of thiophene rings is 1. The highest BCUT2D eigenvalue weighted by Crippen LogP contribution is 2.39. The fourth-order valence-corrected chi connectivity index (χ4v) is 5.91. The Hall–Kier alpha value is -4.28. The van der Waals surface area contributed by atoms with E-state index in [0.29, 0.717) is 55.0 Å². The largest absolute Gasteiger partial charge is 0.377 e. The molecular weight excluding hydrogens is 540 g/mol. The molecule has 4 N–H and O–H groups in total. The zero-order valence-corrected chi connectivity index (χ0v) is 23.3. The smallest absolute Gasteiger partial charge is 0.104 e. The number of nitriles is 2. The second-order valence-electron chi connectivity index (χ2n) is 9.76. The van der Waals surface area contributed by atoms with Crippen molar-refractivity contribution in [2.45, 2.75) is 44.3 Å². The summed E-state index contributed by atoms with van der Waals surface area (Å²) in [4.78, 5) is 5.14. The fourth-order valence-electron chi connectivity index (χ4n) is 4.79. The minimum absolute atomic E-state index is 0.0394. The second kappa shape index (κ2) is 11.1. The zero-order valence-electron chi connectivity index (χ0n) is 22.7. The van der Waals surface area contributed by atoms with Gasteiger partial charge in [-0.3, -0.25) is 9.99 Å². The van der Waals surface area contributed by atoms with Crippen molar-refractivity contribution in [3.05, 3.63) is 98.6 Å². The minimum Gasteiger partial charge on any atom is -0.377 e. The van der Waals surface area contributed by atoms with Crippen LogP contribution in [-0.2, 0) is 0 Å². The first kappa shape index (κ1) is 24.7. The number of nitrogens with one attached hydrogen (secondary N) is 4. The predicted molar refractivity (Wildman–Crippen MR) is 159 cm³/mol. The lowest BCUT2D eigenvalue weighted by Crippen LogP contribution is -2.38. The topological polar surface area (TPSA) is 112 Å². The molecule has 0 radical (unpaired) electrons. The van der Waals surface area contributed by atoms with Gasteiger partial charge >= 0.3 is 0 Å². The van der Waals surface area contributed by atoms with E-state index in [2.05, 4.69) is 57.8 Å². The summed E-state index contributed by atoms with van der Waals surface area (Å²) in [7, 11) is 0. The van der Waals surface area contributed by atoms with Crippen LogP contribution in [0.5, 0.6) is 0 Å². The number of hydrogen-bond donors (Lipinski definition) is 4. The molecule has 0 unspecified atom stereocenters. The molecule has 200 valence electrons. The maximum absolute atomic E-state index is 9.99. The minimum atomic E-state index is -1.46. The van der Waals surface area contributed by atoms with Crippen LogP contribution in [0, 0.1) is 22.7 Å². The summed E-state index contributed by atoms with van der Waals surface area (Å²) in [5.74, 6) is 0. The summed E-state index contributed by atoms with van der Waals surface area (Å²) in [6, 6.07) is 18.7. The molecule has 2 atom stereocenters. The summed E-state index contributed by atoms with van der Waals surface area (Å²) in [5.41, 5.74) is 10.7. The summed E-state index contributed by atoms with van der Waals surface area (Å²) in [6.45, 7) is 2.09. The van der Waals surface area contributed by atoms with Crippen LogP contribution >= 0.6 is 22.9 Å². The van der Waals surface area contributed by atoms with Crippen molar-refractivity contribution < 1.29 is 1.37 Å². The second-order valence-corrected chi connectivity index (χ2v) is 11.1. The van der Waals surface area contributed by atoms with E-state index in [1.54, 1.807) is 17.5 Å².